The molecule has 0 atom stereocenters. The van der Waals surface area contributed by atoms with E-state index in [0.29, 0.717) is 18.1 Å². The molecule has 1 heterocycles. The molecule has 0 aromatic carbocycles. The minimum Gasteiger partial charge on any atom is -0.375 e. The first-order chi connectivity index (χ1) is 6.72. The molecule has 5 heteroatoms. The number of rotatable bonds is 5. The predicted molar refractivity (Wildman–Crippen MR) is 58.1 cm³/mol. The number of carbonyl (C=O) groups is 1. The topological polar surface area (TPSA) is 68.0 Å². The molecular weight excluding hydrogens is 198 g/mol. The molecular formula is C9H13N3OS. The molecule has 1 amide bonds. The molecule has 1 rings (SSSR count). The predicted octanol–water partition coefficient (Wildman–Crippen LogP) is 0.960. The van der Waals surface area contributed by atoms with Crippen molar-refractivity contribution in [1.82, 2.24) is 10.3 Å². The number of aromatic nitrogens is 1. The third-order valence-corrected chi connectivity index (χ3v) is 2.30. The maximum Gasteiger partial charge on any atom is 0.226 e. The maximum atomic E-state index is 11.3. The van der Waals surface area contributed by atoms with Gasteiger partial charge in [-0.25, -0.2) is 4.98 Å². The SMILES string of the molecule is C=CCCNC(=O)Cc1csc(N)n1. The van der Waals surface area contributed by atoms with Crippen molar-refractivity contribution < 1.29 is 4.79 Å². The molecule has 1 aromatic rings. The molecule has 0 aliphatic heterocycles. The Labute approximate surface area is 86.8 Å². The average Bonchev–Trinajstić information content (AvgIpc) is 2.52. The van der Waals surface area contributed by atoms with Crippen LogP contribution in [0.15, 0.2) is 18.0 Å². The highest BCUT2D eigenvalue weighted by atomic mass is 32.1. The van der Waals surface area contributed by atoms with Crippen LogP contribution >= 0.6 is 11.3 Å². The van der Waals surface area contributed by atoms with E-state index in [2.05, 4.69) is 16.9 Å². The van der Waals surface area contributed by atoms with Gasteiger partial charge in [0.05, 0.1) is 12.1 Å². The van der Waals surface area contributed by atoms with Gasteiger partial charge in [0.1, 0.15) is 0 Å². The van der Waals surface area contributed by atoms with E-state index in [0.717, 1.165) is 12.1 Å². The summed E-state index contributed by atoms with van der Waals surface area (Å²) < 4.78 is 0. The molecule has 3 N–H and O–H groups in total. The van der Waals surface area contributed by atoms with Crippen LogP contribution in [-0.2, 0) is 11.2 Å². The lowest BCUT2D eigenvalue weighted by Crippen LogP contribution is -2.25. The van der Waals surface area contributed by atoms with Gasteiger partial charge in [-0.2, -0.15) is 0 Å². The largest absolute Gasteiger partial charge is 0.375 e. The summed E-state index contributed by atoms with van der Waals surface area (Å²) in [6.07, 6.45) is 2.84. The summed E-state index contributed by atoms with van der Waals surface area (Å²) in [5.74, 6) is -0.0304. The van der Waals surface area contributed by atoms with E-state index in [1.807, 2.05) is 0 Å². The van der Waals surface area contributed by atoms with Crippen LogP contribution in [0.5, 0.6) is 0 Å². The number of hydrogen-bond donors (Lipinski definition) is 2. The molecule has 0 spiro atoms. The second-order valence-corrected chi connectivity index (χ2v) is 3.67. The van der Waals surface area contributed by atoms with Gasteiger partial charge in [-0.1, -0.05) is 6.08 Å². The molecule has 0 fully saturated rings. The van der Waals surface area contributed by atoms with Crippen molar-refractivity contribution in [2.24, 2.45) is 0 Å². The minimum atomic E-state index is -0.0304. The summed E-state index contributed by atoms with van der Waals surface area (Å²) in [7, 11) is 0. The van der Waals surface area contributed by atoms with Crippen LogP contribution in [0.1, 0.15) is 12.1 Å². The van der Waals surface area contributed by atoms with Gasteiger partial charge >= 0.3 is 0 Å². The molecule has 76 valence electrons. The first-order valence-corrected chi connectivity index (χ1v) is 5.18. The van der Waals surface area contributed by atoms with E-state index in [9.17, 15) is 4.79 Å². The lowest BCUT2D eigenvalue weighted by atomic mass is 10.3. The zero-order valence-corrected chi connectivity index (χ0v) is 8.64. The first-order valence-electron chi connectivity index (χ1n) is 4.30. The van der Waals surface area contributed by atoms with Crippen LogP contribution in [0, 0.1) is 0 Å². The van der Waals surface area contributed by atoms with Crippen LogP contribution in [-0.4, -0.2) is 17.4 Å². The number of nitrogens with two attached hydrogens (primary N) is 1. The standard InChI is InChI=1S/C9H13N3OS/c1-2-3-4-11-8(13)5-7-6-14-9(10)12-7/h2,6H,1,3-5H2,(H2,10,12)(H,11,13). The molecule has 0 unspecified atom stereocenters. The highest BCUT2D eigenvalue weighted by Crippen LogP contribution is 2.10. The number of thiazole rings is 1. The van der Waals surface area contributed by atoms with E-state index in [-0.39, 0.29) is 5.91 Å². The summed E-state index contributed by atoms with van der Waals surface area (Å²) in [4.78, 5) is 15.3. The first kappa shape index (κ1) is 10.7. The van der Waals surface area contributed by atoms with Gasteiger partial charge in [-0.15, -0.1) is 17.9 Å². The maximum absolute atomic E-state index is 11.3. The van der Waals surface area contributed by atoms with Crippen LogP contribution in [0.2, 0.25) is 0 Å². The lowest BCUT2D eigenvalue weighted by Gasteiger charge is -2.00. The summed E-state index contributed by atoms with van der Waals surface area (Å²) in [5.41, 5.74) is 6.16. The summed E-state index contributed by atoms with van der Waals surface area (Å²) in [6.45, 7) is 4.19. The zero-order valence-electron chi connectivity index (χ0n) is 7.82. The Morgan fingerprint density at radius 1 is 1.79 bits per heavy atom. The van der Waals surface area contributed by atoms with E-state index in [1.54, 1.807) is 11.5 Å². The normalized spacial score (nSPS) is 9.71. The minimum absolute atomic E-state index is 0.0304. The fourth-order valence-corrected chi connectivity index (χ4v) is 1.51. The Bertz CT molecular complexity index is 322. The lowest BCUT2D eigenvalue weighted by molar-refractivity contribution is -0.120. The van der Waals surface area contributed by atoms with Crippen molar-refractivity contribution in [3.63, 3.8) is 0 Å². The van der Waals surface area contributed by atoms with Crippen LogP contribution in [0.3, 0.4) is 0 Å². The second-order valence-electron chi connectivity index (χ2n) is 2.78. The number of nitrogen functional groups attached to an aromatic ring is 1. The monoisotopic (exact) mass is 211 g/mol. The quantitative estimate of drug-likeness (QED) is 0.563. The average molecular weight is 211 g/mol. The number of anilines is 1. The summed E-state index contributed by atoms with van der Waals surface area (Å²) in [6, 6.07) is 0. The third-order valence-electron chi connectivity index (χ3n) is 1.58. The van der Waals surface area contributed by atoms with Gasteiger partial charge in [0.2, 0.25) is 5.91 Å². The molecule has 1 aromatic heterocycles. The van der Waals surface area contributed by atoms with Crippen molar-refractivity contribution in [3.05, 3.63) is 23.7 Å². The van der Waals surface area contributed by atoms with E-state index in [4.69, 9.17) is 5.73 Å². The van der Waals surface area contributed by atoms with Gasteiger partial charge in [0.15, 0.2) is 5.13 Å². The molecule has 0 aliphatic rings. The van der Waals surface area contributed by atoms with Crippen molar-refractivity contribution in [2.75, 3.05) is 12.3 Å². The van der Waals surface area contributed by atoms with Gasteiger partial charge in [-0.3, -0.25) is 4.79 Å². The fraction of sp³-hybridized carbons (Fsp3) is 0.333. The van der Waals surface area contributed by atoms with E-state index >= 15 is 0 Å². The smallest absolute Gasteiger partial charge is 0.226 e. The third kappa shape index (κ3) is 3.57. The van der Waals surface area contributed by atoms with Gasteiger partial charge < -0.3 is 11.1 Å². The fourth-order valence-electron chi connectivity index (χ4n) is 0.944. The van der Waals surface area contributed by atoms with Crippen molar-refractivity contribution in [2.45, 2.75) is 12.8 Å². The molecule has 0 saturated heterocycles. The molecule has 0 bridgehead atoms. The molecule has 4 nitrogen and oxygen atoms in total. The Morgan fingerprint density at radius 3 is 3.14 bits per heavy atom. The number of nitrogens with one attached hydrogen (secondary N) is 1. The van der Waals surface area contributed by atoms with Crippen LogP contribution in [0.25, 0.3) is 0 Å². The number of hydrogen-bond acceptors (Lipinski definition) is 4. The number of nitrogens with zero attached hydrogens (tertiary/aromatic N) is 1. The second kappa shape index (κ2) is 5.39. The highest BCUT2D eigenvalue weighted by molar-refractivity contribution is 7.13. The Kier molecular flexibility index (Phi) is 4.12. The van der Waals surface area contributed by atoms with Crippen molar-refractivity contribution in [3.8, 4) is 0 Å². The molecule has 0 aliphatic carbocycles. The van der Waals surface area contributed by atoms with E-state index in [1.165, 1.54) is 11.3 Å². The molecule has 0 radical (unpaired) electrons. The van der Waals surface area contributed by atoms with Crippen molar-refractivity contribution >= 4 is 22.4 Å². The summed E-state index contributed by atoms with van der Waals surface area (Å²) in [5, 5.41) is 5.05. The van der Waals surface area contributed by atoms with E-state index < -0.39 is 0 Å². The zero-order chi connectivity index (χ0) is 10.4. The van der Waals surface area contributed by atoms with Gasteiger partial charge in [0, 0.05) is 11.9 Å². The van der Waals surface area contributed by atoms with Crippen LogP contribution < -0.4 is 11.1 Å². The van der Waals surface area contributed by atoms with Crippen LogP contribution in [0.4, 0.5) is 5.13 Å². The molecule has 0 saturated carbocycles. The Hall–Kier alpha value is -1.36. The highest BCUT2D eigenvalue weighted by Gasteiger charge is 2.05. The molecule has 14 heavy (non-hydrogen) atoms. The van der Waals surface area contributed by atoms with Gasteiger partial charge in [-0.05, 0) is 6.42 Å². The summed E-state index contributed by atoms with van der Waals surface area (Å²) >= 11 is 1.35. The van der Waals surface area contributed by atoms with Gasteiger partial charge in [0.25, 0.3) is 0 Å². The Morgan fingerprint density at radius 2 is 2.57 bits per heavy atom. The Balaban J connectivity index is 2.30. The number of carbonyl (C=O) groups excluding carboxylic acids is 1. The van der Waals surface area contributed by atoms with Crippen molar-refractivity contribution in [1.29, 1.82) is 0 Å². The number of amides is 1.